The molecular weight excluding hydrogens is 424 g/mol. The number of ether oxygens (including phenoxy) is 1. The Morgan fingerprint density at radius 1 is 1.11 bits per heavy atom. The molecule has 2 fully saturated rings. The zero-order valence-electron chi connectivity index (χ0n) is 15.2. The molecule has 0 atom stereocenters. The van der Waals surface area contributed by atoms with E-state index in [-0.39, 0.29) is 0 Å². The normalized spacial score (nSPS) is 18.9. The molecule has 1 saturated carbocycles. The number of fused-ring (bicyclic) bond motifs is 1. The van der Waals surface area contributed by atoms with Gasteiger partial charge >= 0.3 is 0 Å². The highest BCUT2D eigenvalue weighted by molar-refractivity contribution is 9.11. The lowest BCUT2D eigenvalue weighted by Crippen LogP contribution is -2.37. The monoisotopic (exact) mass is 446 g/mol. The molecule has 0 unspecified atom stereocenters. The minimum absolute atomic E-state index is 0.450. The van der Waals surface area contributed by atoms with E-state index in [0.29, 0.717) is 6.10 Å². The second-order valence-electron chi connectivity index (χ2n) is 7.57. The van der Waals surface area contributed by atoms with Crippen LogP contribution in [0.25, 0.3) is 16.2 Å². The van der Waals surface area contributed by atoms with E-state index in [9.17, 15) is 0 Å². The topological polar surface area (TPSA) is 42.7 Å². The summed E-state index contributed by atoms with van der Waals surface area (Å²) in [7, 11) is 0. The first kappa shape index (κ1) is 17.6. The smallest absolute Gasteiger partial charge is 0.213 e. The summed E-state index contributed by atoms with van der Waals surface area (Å²) in [5, 5.41) is 4.36. The molecule has 0 radical (unpaired) electrons. The minimum Gasteiger partial charge on any atom is -0.378 e. The van der Waals surface area contributed by atoms with Crippen molar-refractivity contribution < 1.29 is 4.74 Å². The summed E-state index contributed by atoms with van der Waals surface area (Å²) < 4.78 is 8.81. The summed E-state index contributed by atoms with van der Waals surface area (Å²) in [6.07, 6.45) is 8.83. The first-order valence-electron chi connectivity index (χ1n) is 9.73. The van der Waals surface area contributed by atoms with Crippen molar-refractivity contribution in [1.82, 2.24) is 14.6 Å². The maximum atomic E-state index is 6.13. The SMILES string of the molecule is Brc1nn2cc(-c3ccc(N4CCC(OCC5CCC5)CC4)cc3)nc2s1. The number of aromatic nitrogens is 3. The van der Waals surface area contributed by atoms with Crippen LogP contribution < -0.4 is 4.90 Å². The van der Waals surface area contributed by atoms with Gasteiger partial charge in [-0.25, -0.2) is 9.50 Å². The maximum Gasteiger partial charge on any atom is 0.213 e. The standard InChI is InChI=1S/C20H23BrN4OS/c21-19-23-25-12-18(22-20(25)27-19)15-4-6-16(7-5-15)24-10-8-17(9-11-24)26-13-14-2-1-3-14/h4-7,12,14,17H,1-3,8-11,13H2. The van der Waals surface area contributed by atoms with Gasteiger partial charge in [-0.2, -0.15) is 0 Å². The van der Waals surface area contributed by atoms with Gasteiger partial charge in [0.15, 0.2) is 3.92 Å². The van der Waals surface area contributed by atoms with E-state index >= 15 is 0 Å². The zero-order valence-corrected chi connectivity index (χ0v) is 17.6. The van der Waals surface area contributed by atoms with Gasteiger partial charge in [0.05, 0.1) is 18.0 Å². The Morgan fingerprint density at radius 2 is 1.89 bits per heavy atom. The molecule has 1 saturated heterocycles. The number of rotatable bonds is 5. The van der Waals surface area contributed by atoms with Crippen molar-refractivity contribution in [3.63, 3.8) is 0 Å². The van der Waals surface area contributed by atoms with Crippen molar-refractivity contribution in [2.45, 2.75) is 38.2 Å². The second-order valence-corrected chi connectivity index (χ2v) is 9.80. The molecule has 0 N–H and O–H groups in total. The van der Waals surface area contributed by atoms with E-state index < -0.39 is 0 Å². The zero-order chi connectivity index (χ0) is 18.2. The van der Waals surface area contributed by atoms with Crippen LogP contribution in [0.3, 0.4) is 0 Å². The van der Waals surface area contributed by atoms with Crippen molar-refractivity contribution in [3.05, 3.63) is 34.4 Å². The van der Waals surface area contributed by atoms with Gasteiger partial charge in [-0.15, -0.1) is 5.10 Å². The van der Waals surface area contributed by atoms with Gasteiger partial charge in [-0.3, -0.25) is 0 Å². The Morgan fingerprint density at radius 3 is 2.56 bits per heavy atom. The quantitative estimate of drug-likeness (QED) is 0.552. The second kappa shape index (κ2) is 7.53. The number of benzene rings is 1. The number of imidazole rings is 1. The summed E-state index contributed by atoms with van der Waals surface area (Å²) in [4.78, 5) is 8.04. The molecule has 0 amide bonds. The van der Waals surface area contributed by atoms with E-state index in [1.165, 1.54) is 24.9 Å². The van der Waals surface area contributed by atoms with E-state index in [4.69, 9.17) is 4.74 Å². The average Bonchev–Trinajstić information content (AvgIpc) is 3.19. The molecular formula is C20H23BrN4OS. The van der Waals surface area contributed by atoms with Crippen molar-refractivity contribution in [1.29, 1.82) is 0 Å². The summed E-state index contributed by atoms with van der Waals surface area (Å²) >= 11 is 4.94. The van der Waals surface area contributed by atoms with Gasteiger partial charge in [-0.1, -0.05) is 29.9 Å². The predicted molar refractivity (Wildman–Crippen MR) is 113 cm³/mol. The van der Waals surface area contributed by atoms with Gasteiger partial charge in [0.1, 0.15) is 0 Å². The molecule has 1 aliphatic heterocycles. The highest BCUT2D eigenvalue weighted by Crippen LogP contribution is 2.29. The van der Waals surface area contributed by atoms with Crippen LogP contribution in [-0.4, -0.2) is 40.4 Å². The number of hydrogen-bond acceptors (Lipinski definition) is 5. The Kier molecular flexibility index (Phi) is 4.92. The predicted octanol–water partition coefficient (Wildman–Crippen LogP) is 5.01. The third-order valence-electron chi connectivity index (χ3n) is 5.78. The van der Waals surface area contributed by atoms with Crippen LogP contribution in [0, 0.1) is 5.92 Å². The van der Waals surface area contributed by atoms with Crippen LogP contribution in [0.4, 0.5) is 5.69 Å². The number of piperidine rings is 1. The number of hydrogen-bond donors (Lipinski definition) is 0. The van der Waals surface area contributed by atoms with E-state index in [1.807, 2.05) is 10.7 Å². The fourth-order valence-electron chi connectivity index (χ4n) is 3.87. The first-order chi connectivity index (χ1) is 13.2. The third kappa shape index (κ3) is 3.77. The van der Waals surface area contributed by atoms with Crippen molar-refractivity contribution in [3.8, 4) is 11.3 Å². The molecule has 1 aliphatic carbocycles. The lowest BCUT2D eigenvalue weighted by molar-refractivity contribution is -0.000937. The van der Waals surface area contributed by atoms with Crippen molar-refractivity contribution in [2.24, 2.45) is 5.92 Å². The molecule has 3 heterocycles. The molecule has 5 nitrogen and oxygen atoms in total. The largest absolute Gasteiger partial charge is 0.378 e. The number of anilines is 1. The van der Waals surface area contributed by atoms with E-state index in [1.54, 1.807) is 11.3 Å². The Hall–Kier alpha value is -1.44. The van der Waals surface area contributed by atoms with Gasteiger partial charge in [0, 0.05) is 30.9 Å². The molecule has 0 spiro atoms. The fourth-order valence-corrected chi connectivity index (χ4v) is 5.09. The first-order valence-corrected chi connectivity index (χ1v) is 11.3. The Bertz CT molecular complexity index is 878. The summed E-state index contributed by atoms with van der Waals surface area (Å²) in [6, 6.07) is 8.75. The van der Waals surface area contributed by atoms with Gasteiger partial charge in [0.2, 0.25) is 4.96 Å². The summed E-state index contributed by atoms with van der Waals surface area (Å²) in [5.74, 6) is 0.838. The third-order valence-corrected chi connectivity index (χ3v) is 7.14. The van der Waals surface area contributed by atoms with Crippen LogP contribution >= 0.6 is 27.3 Å². The van der Waals surface area contributed by atoms with Crippen LogP contribution in [0.2, 0.25) is 0 Å². The lowest BCUT2D eigenvalue weighted by Gasteiger charge is -2.35. The number of nitrogens with zero attached hydrogens (tertiary/aromatic N) is 4. The van der Waals surface area contributed by atoms with Gasteiger partial charge in [0.25, 0.3) is 0 Å². The van der Waals surface area contributed by atoms with Crippen molar-refractivity contribution in [2.75, 3.05) is 24.6 Å². The Labute approximate surface area is 171 Å². The van der Waals surface area contributed by atoms with Gasteiger partial charge in [-0.05, 0) is 59.7 Å². The summed E-state index contributed by atoms with van der Waals surface area (Å²) in [5.41, 5.74) is 3.39. The maximum absolute atomic E-state index is 6.13. The summed E-state index contributed by atoms with van der Waals surface area (Å²) in [6.45, 7) is 3.13. The highest BCUT2D eigenvalue weighted by atomic mass is 79.9. The lowest BCUT2D eigenvalue weighted by atomic mass is 9.86. The number of halogens is 1. The van der Waals surface area contributed by atoms with Crippen LogP contribution in [0.1, 0.15) is 32.1 Å². The molecule has 5 rings (SSSR count). The molecule has 1 aromatic carbocycles. The van der Waals surface area contributed by atoms with Gasteiger partial charge < -0.3 is 9.64 Å². The van der Waals surface area contributed by atoms with E-state index in [2.05, 4.69) is 55.2 Å². The van der Waals surface area contributed by atoms with Crippen molar-refractivity contribution >= 4 is 37.9 Å². The molecule has 2 aliphatic rings. The molecule has 3 aromatic rings. The molecule has 142 valence electrons. The molecule has 7 heteroatoms. The van der Waals surface area contributed by atoms with Crippen LogP contribution in [0.5, 0.6) is 0 Å². The fraction of sp³-hybridized carbons (Fsp3) is 0.500. The minimum atomic E-state index is 0.450. The molecule has 0 bridgehead atoms. The Balaban J connectivity index is 1.19. The molecule has 27 heavy (non-hydrogen) atoms. The van der Waals surface area contributed by atoms with E-state index in [0.717, 1.165) is 58.6 Å². The van der Waals surface area contributed by atoms with Crippen LogP contribution in [-0.2, 0) is 4.74 Å². The average molecular weight is 447 g/mol. The highest BCUT2D eigenvalue weighted by Gasteiger charge is 2.23. The van der Waals surface area contributed by atoms with Crippen LogP contribution in [0.15, 0.2) is 34.4 Å². The molecule has 2 aromatic heterocycles.